The zero-order valence-corrected chi connectivity index (χ0v) is 16.1. The number of rotatable bonds is 5. The molecular weight excluding hydrogens is 378 g/mol. The Labute approximate surface area is 172 Å². The highest BCUT2D eigenvalue weighted by atomic mass is 16.5. The number of fused-ring (bicyclic) bond motifs is 1. The van der Waals surface area contributed by atoms with Crippen LogP contribution in [0.2, 0.25) is 0 Å². The molecule has 5 rings (SSSR count). The molecule has 0 aliphatic rings. The maximum atomic E-state index is 6.19. The number of hydrogen-bond donors (Lipinski definition) is 1. The van der Waals surface area contributed by atoms with Gasteiger partial charge in [-0.3, -0.25) is 15.0 Å². The number of benzene rings is 1. The van der Waals surface area contributed by atoms with Gasteiger partial charge in [-0.2, -0.15) is 0 Å². The SMILES string of the molecule is Cc1c(Oc2cccnc2)cc2[nH]c(-c3ccccn3)nc2c1Oc1cccnc1. The van der Waals surface area contributed by atoms with Crippen molar-refractivity contribution < 1.29 is 9.47 Å². The van der Waals surface area contributed by atoms with E-state index in [1.807, 2.05) is 55.5 Å². The van der Waals surface area contributed by atoms with Crippen LogP contribution in [0, 0.1) is 6.92 Å². The molecule has 0 amide bonds. The van der Waals surface area contributed by atoms with Crippen LogP contribution in [-0.4, -0.2) is 24.9 Å². The van der Waals surface area contributed by atoms with E-state index in [-0.39, 0.29) is 0 Å². The van der Waals surface area contributed by atoms with E-state index in [2.05, 4.69) is 19.9 Å². The Bertz CT molecular complexity index is 1290. The van der Waals surface area contributed by atoms with Gasteiger partial charge < -0.3 is 14.5 Å². The van der Waals surface area contributed by atoms with E-state index >= 15 is 0 Å². The van der Waals surface area contributed by atoms with Gasteiger partial charge in [0.25, 0.3) is 0 Å². The van der Waals surface area contributed by atoms with Crippen LogP contribution in [0.1, 0.15) is 5.56 Å². The first kappa shape index (κ1) is 17.8. The minimum absolute atomic E-state index is 0.595. The Kier molecular flexibility index (Phi) is 4.53. The van der Waals surface area contributed by atoms with Crippen LogP contribution in [0.25, 0.3) is 22.6 Å². The summed E-state index contributed by atoms with van der Waals surface area (Å²) in [5.74, 6) is 3.14. The van der Waals surface area contributed by atoms with Crippen molar-refractivity contribution in [3.05, 3.63) is 85.1 Å². The first-order chi connectivity index (χ1) is 14.8. The topological polar surface area (TPSA) is 85.8 Å². The fourth-order valence-corrected chi connectivity index (χ4v) is 3.11. The molecule has 0 atom stereocenters. The summed E-state index contributed by atoms with van der Waals surface area (Å²) in [5.41, 5.74) is 3.03. The maximum absolute atomic E-state index is 6.19. The number of aromatic amines is 1. The van der Waals surface area contributed by atoms with Gasteiger partial charge in [0.2, 0.25) is 0 Å². The third-order valence-electron chi connectivity index (χ3n) is 4.56. The molecule has 0 saturated carbocycles. The molecule has 0 aliphatic carbocycles. The molecule has 0 unspecified atom stereocenters. The lowest BCUT2D eigenvalue weighted by atomic mass is 10.1. The normalized spacial score (nSPS) is 10.8. The monoisotopic (exact) mass is 395 g/mol. The van der Waals surface area contributed by atoms with Crippen molar-refractivity contribution in [2.75, 3.05) is 0 Å². The van der Waals surface area contributed by atoms with Crippen LogP contribution in [0.5, 0.6) is 23.0 Å². The first-order valence-corrected chi connectivity index (χ1v) is 9.38. The Morgan fingerprint density at radius 1 is 0.833 bits per heavy atom. The van der Waals surface area contributed by atoms with Crippen molar-refractivity contribution in [3.63, 3.8) is 0 Å². The highest BCUT2D eigenvalue weighted by molar-refractivity contribution is 5.88. The molecule has 1 N–H and O–H groups in total. The molecule has 0 spiro atoms. The Hall–Kier alpha value is -4.26. The minimum atomic E-state index is 0.595. The zero-order chi connectivity index (χ0) is 20.3. The number of nitrogens with one attached hydrogen (secondary N) is 1. The first-order valence-electron chi connectivity index (χ1n) is 9.38. The Morgan fingerprint density at radius 2 is 1.60 bits per heavy atom. The second-order valence-corrected chi connectivity index (χ2v) is 6.61. The summed E-state index contributed by atoms with van der Waals surface area (Å²) in [7, 11) is 0. The average molecular weight is 395 g/mol. The van der Waals surface area contributed by atoms with Crippen LogP contribution >= 0.6 is 0 Å². The van der Waals surface area contributed by atoms with E-state index in [1.54, 1.807) is 31.0 Å². The van der Waals surface area contributed by atoms with E-state index < -0.39 is 0 Å². The van der Waals surface area contributed by atoms with E-state index in [1.165, 1.54) is 0 Å². The quantitative estimate of drug-likeness (QED) is 0.434. The fraction of sp³-hybridized carbons (Fsp3) is 0.0435. The lowest BCUT2D eigenvalue weighted by molar-refractivity contribution is 0.455. The van der Waals surface area contributed by atoms with Gasteiger partial charge in [0.15, 0.2) is 11.6 Å². The number of nitrogens with zero attached hydrogens (tertiary/aromatic N) is 4. The number of imidazole rings is 1. The standard InChI is InChI=1S/C23H17N5O2/c1-15-20(29-16-6-4-9-24-13-16)12-19-21(22(15)30-17-7-5-10-25-14-17)28-23(27-19)18-8-2-3-11-26-18/h2-14H,1H3,(H,27,28). The van der Waals surface area contributed by atoms with Gasteiger partial charge in [0.1, 0.15) is 28.5 Å². The minimum Gasteiger partial charge on any atom is -0.455 e. The van der Waals surface area contributed by atoms with Gasteiger partial charge in [0, 0.05) is 30.2 Å². The molecule has 7 nitrogen and oxygen atoms in total. The van der Waals surface area contributed by atoms with Gasteiger partial charge >= 0.3 is 0 Å². The number of hydrogen-bond acceptors (Lipinski definition) is 6. The van der Waals surface area contributed by atoms with E-state index in [4.69, 9.17) is 14.5 Å². The molecule has 1 aromatic carbocycles. The van der Waals surface area contributed by atoms with Crippen LogP contribution in [0.3, 0.4) is 0 Å². The summed E-state index contributed by atoms with van der Waals surface area (Å²) >= 11 is 0. The van der Waals surface area contributed by atoms with Crippen LogP contribution in [0.4, 0.5) is 0 Å². The van der Waals surface area contributed by atoms with Crippen molar-refractivity contribution in [3.8, 4) is 34.5 Å². The molecule has 0 saturated heterocycles. The second kappa shape index (κ2) is 7.63. The van der Waals surface area contributed by atoms with E-state index in [9.17, 15) is 0 Å². The molecule has 0 radical (unpaired) electrons. The van der Waals surface area contributed by atoms with Gasteiger partial charge in [-0.15, -0.1) is 0 Å². The summed E-state index contributed by atoms with van der Waals surface area (Å²) in [6.45, 7) is 1.94. The molecule has 5 aromatic rings. The summed E-state index contributed by atoms with van der Waals surface area (Å²) in [6, 6.07) is 14.9. The predicted octanol–water partition coefficient (Wildman–Crippen LogP) is 5.31. The van der Waals surface area contributed by atoms with Gasteiger partial charge in [-0.25, -0.2) is 4.98 Å². The molecule has 30 heavy (non-hydrogen) atoms. The van der Waals surface area contributed by atoms with Gasteiger partial charge in [-0.05, 0) is 43.3 Å². The summed E-state index contributed by atoms with van der Waals surface area (Å²) < 4.78 is 12.3. The highest BCUT2D eigenvalue weighted by Crippen LogP contribution is 2.40. The molecular formula is C23H17N5O2. The number of ether oxygens (including phenoxy) is 2. The van der Waals surface area contributed by atoms with Gasteiger partial charge in [0.05, 0.1) is 17.9 Å². The number of H-pyrrole nitrogens is 1. The summed E-state index contributed by atoms with van der Waals surface area (Å²) in [6.07, 6.45) is 8.46. The molecule has 0 aliphatic heterocycles. The zero-order valence-electron chi connectivity index (χ0n) is 16.1. The number of pyridine rings is 3. The van der Waals surface area contributed by atoms with Crippen LogP contribution in [-0.2, 0) is 0 Å². The largest absolute Gasteiger partial charge is 0.455 e. The van der Waals surface area contributed by atoms with Crippen molar-refractivity contribution in [2.45, 2.75) is 6.92 Å². The Balaban J connectivity index is 1.66. The summed E-state index contributed by atoms with van der Waals surface area (Å²) in [5, 5.41) is 0. The van der Waals surface area contributed by atoms with E-state index in [0.29, 0.717) is 34.3 Å². The van der Waals surface area contributed by atoms with Crippen LogP contribution < -0.4 is 9.47 Å². The Morgan fingerprint density at radius 3 is 2.27 bits per heavy atom. The van der Waals surface area contributed by atoms with Crippen molar-refractivity contribution in [1.82, 2.24) is 24.9 Å². The van der Waals surface area contributed by atoms with Crippen molar-refractivity contribution >= 4 is 11.0 Å². The van der Waals surface area contributed by atoms with E-state index in [0.717, 1.165) is 16.8 Å². The lowest BCUT2D eigenvalue weighted by Crippen LogP contribution is -1.94. The smallest absolute Gasteiger partial charge is 0.161 e. The van der Waals surface area contributed by atoms with Crippen molar-refractivity contribution in [1.29, 1.82) is 0 Å². The summed E-state index contributed by atoms with van der Waals surface area (Å²) in [4.78, 5) is 20.7. The molecule has 4 heterocycles. The average Bonchev–Trinajstić information content (AvgIpc) is 3.22. The third kappa shape index (κ3) is 3.44. The molecule has 0 fully saturated rings. The molecule has 7 heteroatoms. The fourth-order valence-electron chi connectivity index (χ4n) is 3.11. The third-order valence-corrected chi connectivity index (χ3v) is 4.56. The second-order valence-electron chi connectivity index (χ2n) is 6.61. The number of aromatic nitrogens is 5. The van der Waals surface area contributed by atoms with Crippen molar-refractivity contribution in [2.24, 2.45) is 0 Å². The van der Waals surface area contributed by atoms with Crippen LogP contribution in [0.15, 0.2) is 79.5 Å². The highest BCUT2D eigenvalue weighted by Gasteiger charge is 2.19. The molecule has 4 aromatic heterocycles. The molecule has 0 bridgehead atoms. The predicted molar refractivity (Wildman–Crippen MR) is 113 cm³/mol. The lowest BCUT2D eigenvalue weighted by Gasteiger charge is -2.14. The maximum Gasteiger partial charge on any atom is 0.161 e. The molecule has 146 valence electrons. The van der Waals surface area contributed by atoms with Gasteiger partial charge in [-0.1, -0.05) is 6.07 Å².